The number of aromatic nitrogens is 1. The van der Waals surface area contributed by atoms with Gasteiger partial charge in [-0.1, -0.05) is 30.3 Å². The number of hydrogen-bond donors (Lipinski definition) is 0. The lowest BCUT2D eigenvalue weighted by molar-refractivity contribution is 0.397. The summed E-state index contributed by atoms with van der Waals surface area (Å²) in [6.07, 6.45) is 1.85. The van der Waals surface area contributed by atoms with Gasteiger partial charge in [0.15, 0.2) is 0 Å². The number of fused-ring (bicyclic) bond motifs is 1. The third-order valence-electron chi connectivity index (χ3n) is 3.77. The summed E-state index contributed by atoms with van der Waals surface area (Å²) in [7, 11) is 5.06. The summed E-state index contributed by atoms with van der Waals surface area (Å²) < 4.78 is 12.6. The van der Waals surface area contributed by atoms with Crippen molar-refractivity contribution in [2.24, 2.45) is 7.05 Å². The first kappa shape index (κ1) is 14.2. The molecule has 0 bridgehead atoms. The zero-order valence-corrected chi connectivity index (χ0v) is 12.8. The fourth-order valence-corrected chi connectivity index (χ4v) is 2.64. The Morgan fingerprint density at radius 3 is 2.36 bits per heavy atom. The van der Waals surface area contributed by atoms with Gasteiger partial charge in [-0.05, 0) is 5.56 Å². The van der Waals surface area contributed by atoms with Crippen LogP contribution in [0.5, 0.6) is 11.5 Å². The average Bonchev–Trinajstić information content (AvgIpc) is 2.57. The van der Waals surface area contributed by atoms with E-state index in [-0.39, 0.29) is 5.43 Å². The molecule has 4 nitrogen and oxygen atoms in total. The van der Waals surface area contributed by atoms with Gasteiger partial charge in [0.05, 0.1) is 25.1 Å². The van der Waals surface area contributed by atoms with Crippen molar-refractivity contribution in [3.05, 3.63) is 58.9 Å². The van der Waals surface area contributed by atoms with E-state index in [0.717, 1.165) is 11.1 Å². The molecule has 0 saturated heterocycles. The molecule has 112 valence electrons. The minimum atomic E-state index is -0.0428. The molecule has 0 unspecified atom stereocenters. The molecule has 2 aromatic carbocycles. The van der Waals surface area contributed by atoms with Crippen LogP contribution in [-0.2, 0) is 7.05 Å². The van der Waals surface area contributed by atoms with Crippen molar-refractivity contribution in [2.45, 2.75) is 0 Å². The van der Waals surface area contributed by atoms with E-state index in [1.807, 2.05) is 54.2 Å². The molecule has 0 spiro atoms. The molecule has 1 aromatic heterocycles. The van der Waals surface area contributed by atoms with E-state index in [4.69, 9.17) is 9.47 Å². The van der Waals surface area contributed by atoms with Gasteiger partial charge in [0, 0.05) is 30.9 Å². The van der Waals surface area contributed by atoms with Gasteiger partial charge < -0.3 is 14.0 Å². The quantitative estimate of drug-likeness (QED) is 0.745. The maximum Gasteiger partial charge on any atom is 0.200 e. The van der Waals surface area contributed by atoms with Gasteiger partial charge in [-0.25, -0.2) is 0 Å². The highest BCUT2D eigenvalue weighted by atomic mass is 16.5. The summed E-state index contributed by atoms with van der Waals surface area (Å²) in [5, 5.41) is 0.562. The number of hydrogen-bond acceptors (Lipinski definition) is 3. The molecular weight excluding hydrogens is 278 g/mol. The van der Waals surface area contributed by atoms with E-state index in [0.29, 0.717) is 22.4 Å². The Bertz CT molecular complexity index is 882. The number of methoxy groups -OCH3 is 2. The van der Waals surface area contributed by atoms with Crippen LogP contribution in [0.1, 0.15) is 0 Å². The highest BCUT2D eigenvalue weighted by Crippen LogP contribution is 2.30. The standard InChI is InChI=1S/C18H17NO3/c1-19-11-14(12-7-5-4-6-8-12)18(20)17-15(19)9-13(21-2)10-16(17)22-3/h4-11H,1-3H3. The van der Waals surface area contributed by atoms with E-state index in [1.165, 1.54) is 0 Å². The molecule has 0 amide bonds. The van der Waals surface area contributed by atoms with Gasteiger partial charge in [-0.3, -0.25) is 4.79 Å². The van der Waals surface area contributed by atoms with Crippen LogP contribution >= 0.6 is 0 Å². The lowest BCUT2D eigenvalue weighted by atomic mass is 10.0. The second-order valence-electron chi connectivity index (χ2n) is 5.07. The van der Waals surface area contributed by atoms with Gasteiger partial charge in [0.25, 0.3) is 0 Å². The zero-order valence-electron chi connectivity index (χ0n) is 12.8. The second kappa shape index (κ2) is 5.56. The fourth-order valence-electron chi connectivity index (χ4n) is 2.64. The van der Waals surface area contributed by atoms with Crippen molar-refractivity contribution in [2.75, 3.05) is 14.2 Å². The molecule has 3 rings (SSSR count). The SMILES string of the molecule is COc1cc(OC)c2c(=O)c(-c3ccccc3)cn(C)c2c1. The van der Waals surface area contributed by atoms with Gasteiger partial charge in [-0.15, -0.1) is 0 Å². The Labute approximate surface area is 128 Å². The lowest BCUT2D eigenvalue weighted by Crippen LogP contribution is -2.11. The first-order valence-electron chi connectivity index (χ1n) is 6.96. The van der Waals surface area contributed by atoms with Gasteiger partial charge >= 0.3 is 0 Å². The zero-order chi connectivity index (χ0) is 15.7. The Hall–Kier alpha value is -2.75. The van der Waals surface area contributed by atoms with Crippen molar-refractivity contribution in [1.29, 1.82) is 0 Å². The molecule has 0 aliphatic carbocycles. The molecule has 3 aromatic rings. The van der Waals surface area contributed by atoms with Crippen LogP contribution in [0.3, 0.4) is 0 Å². The van der Waals surface area contributed by atoms with Crippen LogP contribution in [0, 0.1) is 0 Å². The van der Waals surface area contributed by atoms with Crippen molar-refractivity contribution < 1.29 is 9.47 Å². The highest BCUT2D eigenvalue weighted by molar-refractivity contribution is 5.90. The van der Waals surface area contributed by atoms with Crippen molar-refractivity contribution in [3.8, 4) is 22.6 Å². The minimum Gasteiger partial charge on any atom is -0.497 e. The van der Waals surface area contributed by atoms with E-state index in [2.05, 4.69) is 0 Å². The van der Waals surface area contributed by atoms with Gasteiger partial charge in [0.1, 0.15) is 11.5 Å². The smallest absolute Gasteiger partial charge is 0.200 e. The predicted molar refractivity (Wildman–Crippen MR) is 87.7 cm³/mol. The van der Waals surface area contributed by atoms with Crippen LogP contribution in [-0.4, -0.2) is 18.8 Å². The van der Waals surface area contributed by atoms with Crippen LogP contribution in [0.15, 0.2) is 53.5 Å². The molecular formula is C18H17NO3. The van der Waals surface area contributed by atoms with Crippen LogP contribution in [0.4, 0.5) is 0 Å². The third-order valence-corrected chi connectivity index (χ3v) is 3.77. The Balaban J connectivity index is 2.41. The molecule has 4 heteroatoms. The lowest BCUT2D eigenvalue weighted by Gasteiger charge is -2.13. The molecule has 0 fully saturated rings. The minimum absolute atomic E-state index is 0.0428. The Morgan fingerprint density at radius 1 is 1.00 bits per heavy atom. The molecule has 0 N–H and O–H groups in total. The average molecular weight is 295 g/mol. The third kappa shape index (κ3) is 2.22. The maximum atomic E-state index is 12.9. The molecule has 0 radical (unpaired) electrons. The summed E-state index contributed by atoms with van der Waals surface area (Å²) in [6, 6.07) is 13.2. The van der Waals surface area contributed by atoms with Crippen LogP contribution < -0.4 is 14.9 Å². The van der Waals surface area contributed by atoms with E-state index in [9.17, 15) is 4.79 Å². The number of pyridine rings is 1. The Morgan fingerprint density at radius 2 is 1.73 bits per heavy atom. The Kier molecular flexibility index (Phi) is 3.59. The predicted octanol–water partition coefficient (Wildman–Crippen LogP) is 3.22. The first-order chi connectivity index (χ1) is 10.7. The van der Waals surface area contributed by atoms with Gasteiger partial charge in [-0.2, -0.15) is 0 Å². The number of benzene rings is 2. The molecule has 0 aliphatic rings. The molecule has 0 saturated carbocycles. The molecule has 0 atom stereocenters. The number of aryl methyl sites for hydroxylation is 1. The highest BCUT2D eigenvalue weighted by Gasteiger charge is 2.15. The van der Waals surface area contributed by atoms with E-state index < -0.39 is 0 Å². The normalized spacial score (nSPS) is 10.7. The van der Waals surface area contributed by atoms with E-state index in [1.54, 1.807) is 20.3 Å². The summed E-state index contributed by atoms with van der Waals surface area (Å²) in [5.74, 6) is 1.18. The second-order valence-corrected chi connectivity index (χ2v) is 5.07. The molecule has 0 aliphatic heterocycles. The maximum absolute atomic E-state index is 12.9. The fraction of sp³-hybridized carbons (Fsp3) is 0.167. The van der Waals surface area contributed by atoms with Gasteiger partial charge in [0.2, 0.25) is 5.43 Å². The van der Waals surface area contributed by atoms with Crippen LogP contribution in [0.2, 0.25) is 0 Å². The first-order valence-corrected chi connectivity index (χ1v) is 6.96. The van der Waals surface area contributed by atoms with Crippen LogP contribution in [0.25, 0.3) is 22.0 Å². The number of nitrogens with zero attached hydrogens (tertiary/aromatic N) is 1. The van der Waals surface area contributed by atoms with Crippen molar-refractivity contribution >= 4 is 10.9 Å². The summed E-state index contributed by atoms with van der Waals surface area (Å²) in [4.78, 5) is 12.9. The molecule has 22 heavy (non-hydrogen) atoms. The number of ether oxygens (including phenoxy) is 2. The summed E-state index contributed by atoms with van der Waals surface area (Å²) in [6.45, 7) is 0. The van der Waals surface area contributed by atoms with Crippen molar-refractivity contribution in [1.82, 2.24) is 4.57 Å². The van der Waals surface area contributed by atoms with E-state index >= 15 is 0 Å². The largest absolute Gasteiger partial charge is 0.497 e. The summed E-state index contributed by atoms with van der Waals surface area (Å²) >= 11 is 0. The monoisotopic (exact) mass is 295 g/mol. The molecule has 1 heterocycles. The summed E-state index contributed by atoms with van der Waals surface area (Å²) in [5.41, 5.74) is 2.28. The van der Waals surface area contributed by atoms with Crippen molar-refractivity contribution in [3.63, 3.8) is 0 Å². The topological polar surface area (TPSA) is 40.5 Å². The number of rotatable bonds is 3.